The summed E-state index contributed by atoms with van der Waals surface area (Å²) in [5.41, 5.74) is 3.12. The number of methoxy groups -OCH3 is 3. The second-order valence-corrected chi connectivity index (χ2v) is 6.91. The molecule has 1 aliphatic heterocycles. The number of hydrogen-bond acceptors (Lipinski definition) is 5. The molecule has 0 unspecified atom stereocenters. The summed E-state index contributed by atoms with van der Waals surface area (Å²) in [4.78, 5) is 6.51. The van der Waals surface area contributed by atoms with Crippen LogP contribution in [0.15, 0.2) is 35.3 Å². The minimum absolute atomic E-state index is 0. The monoisotopic (exact) mass is 563 g/mol. The number of nitrogens with zero attached hydrogens (tertiary/aromatic N) is 2. The van der Waals surface area contributed by atoms with Gasteiger partial charge in [-0.05, 0) is 47.4 Å². The molecule has 0 spiro atoms. The topological polar surface area (TPSA) is 64.6 Å². The lowest BCUT2D eigenvalue weighted by atomic mass is 9.99. The highest BCUT2D eigenvalue weighted by Gasteiger charge is 2.22. The molecule has 0 fully saturated rings. The van der Waals surface area contributed by atoms with Crippen LogP contribution in [0.25, 0.3) is 0 Å². The van der Waals surface area contributed by atoms with Gasteiger partial charge in [0.15, 0.2) is 29.0 Å². The third-order valence-electron chi connectivity index (χ3n) is 5.12. The molecular weight excluding hydrogens is 535 g/mol. The van der Waals surface area contributed by atoms with Gasteiger partial charge in [0, 0.05) is 26.7 Å². The quantitative estimate of drug-likeness (QED) is 0.312. The number of hydrogen-bond donors (Lipinski definition) is 1. The minimum atomic E-state index is -2.92. The fraction of sp³-hybridized carbons (Fsp3) is 0.409. The summed E-state index contributed by atoms with van der Waals surface area (Å²) in [6.07, 6.45) is 0.839. The largest absolute Gasteiger partial charge is 0.493 e. The van der Waals surface area contributed by atoms with Crippen LogP contribution in [-0.2, 0) is 19.5 Å². The predicted molar refractivity (Wildman–Crippen MR) is 129 cm³/mol. The smallest absolute Gasteiger partial charge is 0.387 e. The van der Waals surface area contributed by atoms with E-state index in [1.165, 1.54) is 18.7 Å². The second-order valence-electron chi connectivity index (χ2n) is 6.91. The van der Waals surface area contributed by atoms with Crippen molar-refractivity contribution in [3.63, 3.8) is 0 Å². The Morgan fingerprint density at radius 1 is 1.00 bits per heavy atom. The second kappa shape index (κ2) is 11.9. The molecule has 0 aromatic heterocycles. The molecule has 2 aromatic carbocycles. The third-order valence-corrected chi connectivity index (χ3v) is 5.12. The van der Waals surface area contributed by atoms with Gasteiger partial charge >= 0.3 is 6.61 Å². The van der Waals surface area contributed by atoms with E-state index in [2.05, 4.69) is 19.9 Å². The van der Waals surface area contributed by atoms with Crippen LogP contribution < -0.4 is 24.3 Å². The molecule has 1 heterocycles. The van der Waals surface area contributed by atoms with Crippen molar-refractivity contribution in [3.8, 4) is 23.0 Å². The van der Waals surface area contributed by atoms with Gasteiger partial charge in [0.1, 0.15) is 0 Å². The van der Waals surface area contributed by atoms with E-state index < -0.39 is 6.61 Å². The normalized spacial score (nSPS) is 13.2. The first-order valence-corrected chi connectivity index (χ1v) is 9.80. The van der Waals surface area contributed by atoms with Gasteiger partial charge in [0.25, 0.3) is 0 Å². The maximum Gasteiger partial charge on any atom is 0.387 e. The van der Waals surface area contributed by atoms with Crippen LogP contribution in [0, 0.1) is 0 Å². The van der Waals surface area contributed by atoms with E-state index in [0.29, 0.717) is 24.8 Å². The van der Waals surface area contributed by atoms with E-state index in [0.717, 1.165) is 29.8 Å². The first-order valence-electron chi connectivity index (χ1n) is 9.80. The first kappa shape index (κ1) is 25.8. The van der Waals surface area contributed by atoms with E-state index in [4.69, 9.17) is 14.2 Å². The van der Waals surface area contributed by atoms with Gasteiger partial charge in [-0.25, -0.2) is 0 Å². The maximum absolute atomic E-state index is 12.7. The van der Waals surface area contributed by atoms with Crippen LogP contribution in [0.4, 0.5) is 8.78 Å². The van der Waals surface area contributed by atoms with Crippen LogP contribution in [-0.4, -0.2) is 52.4 Å². The zero-order valence-corrected chi connectivity index (χ0v) is 20.8. The number of ether oxygens (including phenoxy) is 4. The average Bonchev–Trinajstić information content (AvgIpc) is 2.78. The van der Waals surface area contributed by atoms with E-state index in [-0.39, 0.29) is 35.5 Å². The van der Waals surface area contributed by atoms with Gasteiger partial charge in [0.05, 0.1) is 21.3 Å². The Labute approximate surface area is 203 Å². The van der Waals surface area contributed by atoms with E-state index >= 15 is 0 Å². The molecule has 0 saturated carbocycles. The molecule has 3 rings (SSSR count). The van der Waals surface area contributed by atoms with Crippen LogP contribution in [0.1, 0.15) is 16.7 Å². The number of rotatable bonds is 7. The SMILES string of the molecule is CN=C(NCc1ccc(OC)c(OC(F)F)c1)N1CCc2cc(OC)c(OC)cc2C1.I. The van der Waals surface area contributed by atoms with Gasteiger partial charge < -0.3 is 29.2 Å². The van der Waals surface area contributed by atoms with Gasteiger partial charge in [-0.1, -0.05) is 6.07 Å². The fourth-order valence-corrected chi connectivity index (χ4v) is 3.60. The fourth-order valence-electron chi connectivity index (χ4n) is 3.60. The van der Waals surface area contributed by atoms with E-state index in [1.807, 2.05) is 12.1 Å². The summed E-state index contributed by atoms with van der Waals surface area (Å²) >= 11 is 0. The molecule has 0 radical (unpaired) electrons. The lowest BCUT2D eigenvalue weighted by Crippen LogP contribution is -2.43. The van der Waals surface area contributed by atoms with Crippen molar-refractivity contribution in [3.05, 3.63) is 47.0 Å². The Bertz CT molecular complexity index is 944. The number of fused-ring (bicyclic) bond motifs is 1. The van der Waals surface area contributed by atoms with Gasteiger partial charge in [0.2, 0.25) is 0 Å². The highest BCUT2D eigenvalue weighted by molar-refractivity contribution is 14.0. The number of aliphatic imine (C=N–C) groups is 1. The van der Waals surface area contributed by atoms with Crippen LogP contribution >= 0.6 is 24.0 Å². The van der Waals surface area contributed by atoms with Crippen molar-refractivity contribution < 1.29 is 27.7 Å². The standard InChI is InChI=1S/C22H27F2N3O4.HI/c1-25-22(26-12-14-5-6-17(28-2)20(9-14)31-21(23)24)27-8-7-15-10-18(29-3)19(30-4)11-16(15)13-27;/h5-6,9-11,21H,7-8,12-13H2,1-4H3,(H,25,26);1H. The summed E-state index contributed by atoms with van der Waals surface area (Å²) in [6.45, 7) is -1.08. The average molecular weight is 563 g/mol. The number of guanidine groups is 1. The van der Waals surface area contributed by atoms with Crippen LogP contribution in [0.5, 0.6) is 23.0 Å². The van der Waals surface area contributed by atoms with Crippen molar-refractivity contribution >= 4 is 29.9 Å². The number of nitrogens with one attached hydrogen (secondary N) is 1. The maximum atomic E-state index is 12.7. The van der Waals surface area contributed by atoms with Crippen LogP contribution in [0.2, 0.25) is 0 Å². The van der Waals surface area contributed by atoms with E-state index in [9.17, 15) is 8.78 Å². The van der Waals surface area contributed by atoms with Gasteiger partial charge in [-0.15, -0.1) is 24.0 Å². The van der Waals surface area contributed by atoms with Crippen molar-refractivity contribution in [1.29, 1.82) is 0 Å². The number of benzene rings is 2. The molecule has 32 heavy (non-hydrogen) atoms. The van der Waals surface area contributed by atoms with Crippen molar-refractivity contribution in [2.24, 2.45) is 4.99 Å². The molecule has 0 atom stereocenters. The highest BCUT2D eigenvalue weighted by atomic mass is 127. The van der Waals surface area contributed by atoms with Gasteiger partial charge in [-0.2, -0.15) is 8.78 Å². The summed E-state index contributed by atoms with van der Waals surface area (Å²) in [5.74, 6) is 2.38. The summed E-state index contributed by atoms with van der Waals surface area (Å²) in [7, 11) is 6.37. The molecule has 7 nitrogen and oxygen atoms in total. The molecule has 10 heteroatoms. The minimum Gasteiger partial charge on any atom is -0.493 e. The molecule has 0 saturated heterocycles. The lowest BCUT2D eigenvalue weighted by Gasteiger charge is -2.32. The Hall–Kier alpha value is -2.50. The summed E-state index contributed by atoms with van der Waals surface area (Å²) in [6, 6.07) is 8.94. The third kappa shape index (κ3) is 6.05. The summed E-state index contributed by atoms with van der Waals surface area (Å²) in [5, 5.41) is 3.29. The molecule has 2 aromatic rings. The zero-order chi connectivity index (χ0) is 22.4. The zero-order valence-electron chi connectivity index (χ0n) is 18.5. The molecule has 1 aliphatic rings. The van der Waals surface area contributed by atoms with E-state index in [1.54, 1.807) is 33.4 Å². The van der Waals surface area contributed by atoms with Crippen LogP contribution in [0.3, 0.4) is 0 Å². The molecule has 0 aliphatic carbocycles. The lowest BCUT2D eigenvalue weighted by molar-refractivity contribution is -0.0512. The van der Waals surface area contributed by atoms with Crippen molar-refractivity contribution in [2.45, 2.75) is 26.1 Å². The molecular formula is C22H28F2IN3O4. The van der Waals surface area contributed by atoms with Gasteiger partial charge in [-0.3, -0.25) is 4.99 Å². The molecule has 0 amide bonds. The Kier molecular flexibility index (Phi) is 9.60. The molecule has 1 N–H and O–H groups in total. The van der Waals surface area contributed by atoms with Crippen molar-refractivity contribution in [1.82, 2.24) is 10.2 Å². The van der Waals surface area contributed by atoms with Crippen molar-refractivity contribution in [2.75, 3.05) is 34.9 Å². The summed E-state index contributed by atoms with van der Waals surface area (Å²) < 4.78 is 45.8. The number of alkyl halides is 2. The molecule has 0 bridgehead atoms. The Balaban J connectivity index is 0.00000363. The Morgan fingerprint density at radius 3 is 2.25 bits per heavy atom. The number of halogens is 3. The first-order chi connectivity index (χ1) is 15.0. The highest BCUT2D eigenvalue weighted by Crippen LogP contribution is 2.33. The Morgan fingerprint density at radius 2 is 1.66 bits per heavy atom. The molecule has 176 valence electrons. The predicted octanol–water partition coefficient (Wildman–Crippen LogP) is 4.07.